The van der Waals surface area contributed by atoms with Crippen molar-refractivity contribution in [3.05, 3.63) is 0 Å². The van der Waals surface area contributed by atoms with Crippen LogP contribution in [0.4, 0.5) is 0 Å². The monoisotopic (exact) mass is 258 g/mol. The van der Waals surface area contributed by atoms with E-state index in [4.69, 9.17) is 0 Å². The zero-order valence-corrected chi connectivity index (χ0v) is 12.3. The van der Waals surface area contributed by atoms with E-state index >= 15 is 0 Å². The highest BCUT2D eigenvalue weighted by molar-refractivity contribution is 7.98. The maximum Gasteiger partial charge on any atom is 0.225 e. The van der Waals surface area contributed by atoms with Gasteiger partial charge < -0.3 is 10.2 Å². The largest absolute Gasteiger partial charge is 0.342 e. The number of carbonyl (C=O) groups excluding carboxylic acids is 1. The van der Waals surface area contributed by atoms with E-state index in [0.29, 0.717) is 18.0 Å². The molecule has 1 aliphatic heterocycles. The van der Waals surface area contributed by atoms with E-state index in [0.717, 1.165) is 31.6 Å². The predicted octanol–water partition coefficient (Wildman–Crippen LogP) is 1.97. The quantitative estimate of drug-likeness (QED) is 0.818. The first-order valence-electron chi connectivity index (χ1n) is 6.59. The van der Waals surface area contributed by atoms with E-state index in [1.54, 1.807) is 0 Å². The highest BCUT2D eigenvalue weighted by Crippen LogP contribution is 2.20. The molecule has 1 fully saturated rings. The Bertz CT molecular complexity index is 248. The Kier molecular flexibility index (Phi) is 6.34. The lowest BCUT2D eigenvalue weighted by atomic mass is 9.91. The first-order chi connectivity index (χ1) is 8.10. The van der Waals surface area contributed by atoms with Gasteiger partial charge in [-0.15, -0.1) is 0 Å². The van der Waals surface area contributed by atoms with Crippen molar-refractivity contribution in [2.24, 2.45) is 5.92 Å². The minimum Gasteiger partial charge on any atom is -0.342 e. The van der Waals surface area contributed by atoms with E-state index in [2.05, 4.69) is 25.4 Å². The van der Waals surface area contributed by atoms with Crippen molar-refractivity contribution in [2.75, 3.05) is 25.6 Å². The van der Waals surface area contributed by atoms with Gasteiger partial charge in [-0.3, -0.25) is 4.79 Å². The van der Waals surface area contributed by atoms with Gasteiger partial charge in [0.1, 0.15) is 0 Å². The summed E-state index contributed by atoms with van der Waals surface area (Å²) in [6, 6.07) is 0.870. The van der Waals surface area contributed by atoms with Gasteiger partial charge in [-0.05, 0) is 39.0 Å². The number of nitrogens with one attached hydrogen (secondary N) is 1. The van der Waals surface area contributed by atoms with Crippen LogP contribution in [-0.4, -0.2) is 48.5 Å². The van der Waals surface area contributed by atoms with Crippen LogP contribution >= 0.6 is 11.8 Å². The van der Waals surface area contributed by atoms with E-state index in [9.17, 15) is 4.79 Å². The molecule has 0 aliphatic carbocycles. The van der Waals surface area contributed by atoms with Crippen LogP contribution in [0.15, 0.2) is 0 Å². The first-order valence-corrected chi connectivity index (χ1v) is 7.98. The van der Waals surface area contributed by atoms with Gasteiger partial charge in [0.05, 0.1) is 0 Å². The topological polar surface area (TPSA) is 32.3 Å². The van der Waals surface area contributed by atoms with Gasteiger partial charge in [-0.1, -0.05) is 6.92 Å². The number of nitrogens with zero attached hydrogens (tertiary/aromatic N) is 1. The zero-order valence-electron chi connectivity index (χ0n) is 11.5. The van der Waals surface area contributed by atoms with Crippen molar-refractivity contribution in [1.29, 1.82) is 0 Å². The molecule has 4 heteroatoms. The molecule has 1 amide bonds. The summed E-state index contributed by atoms with van der Waals surface area (Å²) in [6.45, 7) is 5.30. The second-order valence-electron chi connectivity index (χ2n) is 5.04. The zero-order chi connectivity index (χ0) is 12.8. The molecule has 0 aromatic rings. The average Bonchev–Trinajstić information content (AvgIpc) is 2.34. The Labute approximate surface area is 110 Å². The first kappa shape index (κ1) is 14.8. The summed E-state index contributed by atoms with van der Waals surface area (Å²) in [6.07, 6.45) is 5.12. The van der Waals surface area contributed by atoms with Gasteiger partial charge >= 0.3 is 0 Å². The molecule has 0 saturated carbocycles. The smallest absolute Gasteiger partial charge is 0.225 e. The van der Waals surface area contributed by atoms with E-state index in [1.165, 1.54) is 0 Å². The van der Waals surface area contributed by atoms with Crippen LogP contribution < -0.4 is 5.32 Å². The highest BCUT2D eigenvalue weighted by atomic mass is 32.2. The van der Waals surface area contributed by atoms with Gasteiger partial charge in [0, 0.05) is 30.8 Å². The molecule has 0 radical (unpaired) electrons. The number of carbonyl (C=O) groups is 1. The average molecular weight is 258 g/mol. The fraction of sp³-hybridized carbons (Fsp3) is 0.923. The van der Waals surface area contributed by atoms with Crippen molar-refractivity contribution < 1.29 is 4.79 Å². The van der Waals surface area contributed by atoms with Gasteiger partial charge in [0.25, 0.3) is 0 Å². The Balaban J connectivity index is 2.54. The number of amides is 1. The molecule has 17 heavy (non-hydrogen) atoms. The van der Waals surface area contributed by atoms with Crippen molar-refractivity contribution >= 4 is 17.7 Å². The predicted molar refractivity (Wildman–Crippen MR) is 75.4 cm³/mol. The maximum atomic E-state index is 12.4. The highest BCUT2D eigenvalue weighted by Gasteiger charge is 2.29. The summed E-state index contributed by atoms with van der Waals surface area (Å²) in [5.41, 5.74) is 0. The van der Waals surface area contributed by atoms with E-state index in [1.807, 2.05) is 23.7 Å². The lowest BCUT2D eigenvalue weighted by Crippen LogP contribution is -2.46. The summed E-state index contributed by atoms with van der Waals surface area (Å²) in [4.78, 5) is 14.4. The molecule has 3 nitrogen and oxygen atoms in total. The third kappa shape index (κ3) is 4.18. The van der Waals surface area contributed by atoms with Gasteiger partial charge in [-0.25, -0.2) is 0 Å². The van der Waals surface area contributed by atoms with Crippen LogP contribution in [0.1, 0.15) is 33.1 Å². The Morgan fingerprint density at radius 3 is 2.82 bits per heavy atom. The minimum atomic E-state index is 0.229. The maximum absolute atomic E-state index is 12.4. The molecule has 3 atom stereocenters. The molecule has 1 heterocycles. The fourth-order valence-corrected chi connectivity index (χ4v) is 3.36. The molecule has 0 bridgehead atoms. The molecule has 0 aromatic heterocycles. The third-order valence-corrected chi connectivity index (χ3v) is 4.42. The Morgan fingerprint density at radius 1 is 1.59 bits per heavy atom. The summed E-state index contributed by atoms with van der Waals surface area (Å²) in [7, 11) is 1.97. The standard InChI is InChI=1S/C13H26N2OS/c1-5-12(9-17-4)15(3)13(16)11-6-7-14-10(2)8-11/h10-12,14H,5-9H2,1-4H3. The number of thioether (sulfide) groups is 1. The molecular weight excluding hydrogens is 232 g/mol. The van der Waals surface area contributed by atoms with Crippen LogP contribution in [0.3, 0.4) is 0 Å². The summed E-state index contributed by atoms with van der Waals surface area (Å²) >= 11 is 1.82. The third-order valence-electron chi connectivity index (χ3n) is 3.70. The number of rotatable bonds is 5. The molecule has 1 N–H and O–H groups in total. The van der Waals surface area contributed by atoms with Crippen LogP contribution in [-0.2, 0) is 4.79 Å². The number of hydrogen-bond donors (Lipinski definition) is 1. The van der Waals surface area contributed by atoms with Crippen molar-refractivity contribution in [1.82, 2.24) is 10.2 Å². The second-order valence-corrected chi connectivity index (χ2v) is 5.95. The van der Waals surface area contributed by atoms with Gasteiger partial charge in [0.2, 0.25) is 5.91 Å². The van der Waals surface area contributed by atoms with Crippen LogP contribution in [0.2, 0.25) is 0 Å². The number of hydrogen-bond acceptors (Lipinski definition) is 3. The van der Waals surface area contributed by atoms with E-state index < -0.39 is 0 Å². The summed E-state index contributed by atoms with van der Waals surface area (Å²) in [5.74, 6) is 1.62. The van der Waals surface area contributed by atoms with Crippen LogP contribution in [0.25, 0.3) is 0 Å². The van der Waals surface area contributed by atoms with Crippen molar-refractivity contribution in [3.8, 4) is 0 Å². The molecule has 3 unspecified atom stereocenters. The molecule has 100 valence electrons. The molecule has 1 aliphatic rings. The molecule has 0 aromatic carbocycles. The van der Waals surface area contributed by atoms with Crippen molar-refractivity contribution in [2.45, 2.75) is 45.2 Å². The molecule has 1 saturated heterocycles. The second kappa shape index (κ2) is 7.27. The SMILES string of the molecule is CCC(CSC)N(C)C(=O)C1CCNC(C)C1. The Hall–Kier alpha value is -0.220. The van der Waals surface area contributed by atoms with Crippen molar-refractivity contribution in [3.63, 3.8) is 0 Å². The van der Waals surface area contributed by atoms with Gasteiger partial charge in [0.15, 0.2) is 0 Å². The summed E-state index contributed by atoms with van der Waals surface area (Å²) in [5, 5.41) is 3.40. The van der Waals surface area contributed by atoms with Crippen LogP contribution in [0.5, 0.6) is 0 Å². The number of piperidine rings is 1. The van der Waals surface area contributed by atoms with Gasteiger partial charge in [-0.2, -0.15) is 11.8 Å². The minimum absolute atomic E-state index is 0.229. The van der Waals surface area contributed by atoms with Crippen LogP contribution in [0, 0.1) is 5.92 Å². The molecule has 1 rings (SSSR count). The molecular formula is C13H26N2OS. The fourth-order valence-electron chi connectivity index (χ4n) is 2.52. The lowest BCUT2D eigenvalue weighted by Gasteiger charge is -2.34. The normalized spacial score (nSPS) is 26.6. The summed E-state index contributed by atoms with van der Waals surface area (Å²) < 4.78 is 0. The van der Waals surface area contributed by atoms with E-state index in [-0.39, 0.29) is 5.92 Å². The molecule has 0 spiro atoms. The lowest BCUT2D eigenvalue weighted by molar-refractivity contribution is -0.137. The Morgan fingerprint density at radius 2 is 2.29 bits per heavy atom.